The Morgan fingerprint density at radius 2 is 2.27 bits per heavy atom. The minimum absolute atomic E-state index is 0.432. The maximum absolute atomic E-state index is 8.72. The summed E-state index contributed by atoms with van der Waals surface area (Å²) in [5.41, 5.74) is 1.29. The van der Waals surface area contributed by atoms with Gasteiger partial charge in [-0.2, -0.15) is 10.4 Å². The van der Waals surface area contributed by atoms with E-state index in [-0.39, 0.29) is 0 Å². The fourth-order valence-electron chi connectivity index (χ4n) is 1.18. The van der Waals surface area contributed by atoms with E-state index in [0.29, 0.717) is 10.6 Å². The molecule has 3 nitrogen and oxygen atoms in total. The van der Waals surface area contributed by atoms with Gasteiger partial charge in [-0.1, -0.05) is 11.6 Å². The average molecular weight is 283 g/mol. The molecule has 0 aliphatic rings. The molecular weight excluding hydrogens is 277 g/mol. The molecule has 0 aliphatic heterocycles. The molecule has 0 aliphatic carbocycles. The summed E-state index contributed by atoms with van der Waals surface area (Å²) < 4.78 is 2.57. The summed E-state index contributed by atoms with van der Waals surface area (Å²) in [7, 11) is 0. The van der Waals surface area contributed by atoms with E-state index < -0.39 is 0 Å². The van der Waals surface area contributed by atoms with Crippen LogP contribution < -0.4 is 0 Å². The van der Waals surface area contributed by atoms with Crippen LogP contribution in [-0.2, 0) is 0 Å². The third-order valence-electron chi connectivity index (χ3n) is 1.89. The van der Waals surface area contributed by atoms with Crippen LogP contribution in [0, 0.1) is 11.3 Å². The molecule has 2 aromatic rings. The number of aromatic nitrogens is 2. The first-order chi connectivity index (χ1) is 7.20. The lowest BCUT2D eigenvalue weighted by molar-refractivity contribution is 0.880. The van der Waals surface area contributed by atoms with E-state index in [4.69, 9.17) is 16.9 Å². The molecule has 0 radical (unpaired) electrons. The number of hydrogen-bond donors (Lipinski definition) is 0. The molecule has 0 atom stereocenters. The molecule has 15 heavy (non-hydrogen) atoms. The monoisotopic (exact) mass is 281 g/mol. The minimum atomic E-state index is 0.432. The van der Waals surface area contributed by atoms with E-state index in [9.17, 15) is 0 Å². The Morgan fingerprint density at radius 3 is 2.80 bits per heavy atom. The number of hydrogen-bond acceptors (Lipinski definition) is 2. The number of rotatable bonds is 1. The molecule has 2 rings (SSSR count). The number of nitrogens with zero attached hydrogens (tertiary/aromatic N) is 3. The van der Waals surface area contributed by atoms with Crippen LogP contribution in [0.3, 0.4) is 0 Å². The van der Waals surface area contributed by atoms with Crippen LogP contribution in [0.25, 0.3) is 5.69 Å². The molecule has 0 spiro atoms. The van der Waals surface area contributed by atoms with Gasteiger partial charge in [0.25, 0.3) is 0 Å². The molecule has 0 unspecified atom stereocenters. The number of halogens is 2. The van der Waals surface area contributed by atoms with Gasteiger partial charge in [0.1, 0.15) is 6.07 Å². The highest BCUT2D eigenvalue weighted by Gasteiger charge is 2.03. The number of benzene rings is 1. The average Bonchev–Trinajstić information content (AvgIpc) is 2.65. The van der Waals surface area contributed by atoms with Gasteiger partial charge in [-0.3, -0.25) is 0 Å². The van der Waals surface area contributed by atoms with E-state index in [1.54, 1.807) is 29.1 Å². The molecule has 0 saturated heterocycles. The van der Waals surface area contributed by atoms with Crippen molar-refractivity contribution in [3.8, 4) is 11.8 Å². The van der Waals surface area contributed by atoms with E-state index in [2.05, 4.69) is 21.0 Å². The largest absolute Gasteiger partial charge is 0.240 e. The molecule has 0 bridgehead atoms. The summed E-state index contributed by atoms with van der Waals surface area (Å²) in [4.78, 5) is 0. The van der Waals surface area contributed by atoms with Crippen LogP contribution in [0.1, 0.15) is 5.56 Å². The van der Waals surface area contributed by atoms with Gasteiger partial charge in [0.15, 0.2) is 0 Å². The van der Waals surface area contributed by atoms with E-state index >= 15 is 0 Å². The second-order valence-electron chi connectivity index (χ2n) is 2.88. The lowest BCUT2D eigenvalue weighted by Crippen LogP contribution is -1.94. The lowest BCUT2D eigenvalue weighted by atomic mass is 10.2. The molecule has 0 amide bonds. The van der Waals surface area contributed by atoms with Crippen molar-refractivity contribution in [2.24, 2.45) is 0 Å². The fraction of sp³-hybridized carbons (Fsp3) is 0. The third-order valence-corrected chi connectivity index (χ3v) is 2.61. The zero-order chi connectivity index (χ0) is 10.8. The van der Waals surface area contributed by atoms with Crippen molar-refractivity contribution >= 4 is 27.5 Å². The van der Waals surface area contributed by atoms with Crippen LogP contribution in [0.2, 0.25) is 5.02 Å². The quantitative estimate of drug-likeness (QED) is 0.806. The van der Waals surface area contributed by atoms with Crippen molar-refractivity contribution in [1.82, 2.24) is 9.78 Å². The molecule has 74 valence electrons. The SMILES string of the molecule is N#Cc1ccc(-n2cc(Br)cn2)cc1Cl. The maximum atomic E-state index is 8.72. The van der Waals surface area contributed by atoms with Crippen LogP contribution >= 0.6 is 27.5 Å². The van der Waals surface area contributed by atoms with Crippen molar-refractivity contribution < 1.29 is 0 Å². The Morgan fingerprint density at radius 1 is 1.47 bits per heavy atom. The van der Waals surface area contributed by atoms with Gasteiger partial charge in [-0.05, 0) is 34.1 Å². The predicted molar refractivity (Wildman–Crippen MR) is 61.0 cm³/mol. The summed E-state index contributed by atoms with van der Waals surface area (Å²) in [6.45, 7) is 0. The summed E-state index contributed by atoms with van der Waals surface area (Å²) >= 11 is 9.22. The van der Waals surface area contributed by atoms with E-state index in [0.717, 1.165) is 10.2 Å². The van der Waals surface area contributed by atoms with E-state index in [1.807, 2.05) is 12.3 Å². The zero-order valence-corrected chi connectivity index (χ0v) is 9.83. The van der Waals surface area contributed by atoms with Crippen LogP contribution in [0.5, 0.6) is 0 Å². The van der Waals surface area contributed by atoms with Gasteiger partial charge in [-0.25, -0.2) is 4.68 Å². The van der Waals surface area contributed by atoms with Gasteiger partial charge in [0.05, 0.1) is 26.9 Å². The van der Waals surface area contributed by atoms with Gasteiger partial charge in [-0.15, -0.1) is 0 Å². The molecule has 0 fully saturated rings. The maximum Gasteiger partial charge on any atom is 0.101 e. The van der Waals surface area contributed by atoms with Crippen molar-refractivity contribution in [2.45, 2.75) is 0 Å². The Kier molecular flexibility index (Phi) is 2.76. The molecule has 1 aromatic carbocycles. The Hall–Kier alpha value is -1.31. The highest BCUT2D eigenvalue weighted by molar-refractivity contribution is 9.10. The fourth-order valence-corrected chi connectivity index (χ4v) is 1.68. The Balaban J connectivity index is 2.48. The first kappa shape index (κ1) is 10.2. The Bertz CT molecular complexity index is 542. The summed E-state index contributed by atoms with van der Waals surface area (Å²) in [6.07, 6.45) is 3.50. The van der Waals surface area contributed by atoms with Crippen LogP contribution in [0.15, 0.2) is 35.1 Å². The van der Waals surface area contributed by atoms with Crippen molar-refractivity contribution in [3.05, 3.63) is 45.7 Å². The van der Waals surface area contributed by atoms with E-state index in [1.165, 1.54) is 0 Å². The predicted octanol–water partition coefficient (Wildman–Crippen LogP) is 3.16. The zero-order valence-electron chi connectivity index (χ0n) is 7.48. The molecule has 0 saturated carbocycles. The van der Waals surface area contributed by atoms with Gasteiger partial charge >= 0.3 is 0 Å². The highest BCUT2D eigenvalue weighted by atomic mass is 79.9. The van der Waals surface area contributed by atoms with Crippen LogP contribution in [-0.4, -0.2) is 9.78 Å². The van der Waals surface area contributed by atoms with Gasteiger partial charge in [0.2, 0.25) is 0 Å². The van der Waals surface area contributed by atoms with Crippen LogP contribution in [0.4, 0.5) is 0 Å². The molecule has 1 heterocycles. The second-order valence-corrected chi connectivity index (χ2v) is 4.20. The van der Waals surface area contributed by atoms with Crippen molar-refractivity contribution in [1.29, 1.82) is 5.26 Å². The van der Waals surface area contributed by atoms with Crippen molar-refractivity contribution in [3.63, 3.8) is 0 Å². The minimum Gasteiger partial charge on any atom is -0.240 e. The first-order valence-electron chi connectivity index (χ1n) is 4.11. The topological polar surface area (TPSA) is 41.6 Å². The smallest absolute Gasteiger partial charge is 0.101 e. The highest BCUT2D eigenvalue weighted by Crippen LogP contribution is 2.20. The first-order valence-corrected chi connectivity index (χ1v) is 5.28. The normalized spacial score (nSPS) is 9.93. The van der Waals surface area contributed by atoms with Gasteiger partial charge in [0, 0.05) is 6.20 Å². The summed E-state index contributed by atoms with van der Waals surface area (Å²) in [6, 6.07) is 7.19. The number of nitriles is 1. The molecular formula is C10H5BrClN3. The molecule has 0 N–H and O–H groups in total. The molecule has 1 aromatic heterocycles. The molecule has 5 heteroatoms. The Labute approximate surface area is 100 Å². The third kappa shape index (κ3) is 2.04. The summed E-state index contributed by atoms with van der Waals surface area (Å²) in [5.74, 6) is 0. The van der Waals surface area contributed by atoms with Gasteiger partial charge < -0.3 is 0 Å². The van der Waals surface area contributed by atoms with Crippen molar-refractivity contribution in [2.75, 3.05) is 0 Å². The summed E-state index contributed by atoms with van der Waals surface area (Å²) in [5, 5.41) is 13.3. The standard InChI is InChI=1S/C10H5BrClN3/c11-8-5-14-15(6-8)9-2-1-7(4-13)10(12)3-9/h1-3,5-6H. The lowest BCUT2D eigenvalue weighted by Gasteiger charge is -2.02. The second kappa shape index (κ2) is 4.05.